The van der Waals surface area contributed by atoms with Crippen molar-refractivity contribution in [2.24, 2.45) is 0 Å². The summed E-state index contributed by atoms with van der Waals surface area (Å²) in [6.45, 7) is 12.7. The summed E-state index contributed by atoms with van der Waals surface area (Å²) in [6.07, 6.45) is 2.10. The average molecular weight is 380 g/mol. The second kappa shape index (κ2) is 8.02. The maximum atomic E-state index is 12.5. The number of aliphatic hydroxyl groups excluding tert-OH is 1. The number of aliphatic hydroxyl groups is 1. The molecule has 7 nitrogen and oxygen atoms in total. The Morgan fingerprint density at radius 3 is 2.52 bits per heavy atom. The molecular formula is C20H32N2O5. The van der Waals surface area contributed by atoms with Crippen LogP contribution in [0.2, 0.25) is 0 Å². The molecule has 152 valence electrons. The lowest BCUT2D eigenvalue weighted by Crippen LogP contribution is -2.41. The molecule has 7 heteroatoms. The summed E-state index contributed by atoms with van der Waals surface area (Å²) in [4.78, 5) is 18.7. The van der Waals surface area contributed by atoms with Gasteiger partial charge < -0.3 is 24.2 Å². The minimum Gasteiger partial charge on any atom is -0.444 e. The summed E-state index contributed by atoms with van der Waals surface area (Å²) < 4.78 is 16.3. The number of pyridine rings is 1. The summed E-state index contributed by atoms with van der Waals surface area (Å²) in [5.41, 5.74) is 0.758. The van der Waals surface area contributed by atoms with Crippen molar-refractivity contribution in [3.8, 4) is 5.75 Å². The Labute approximate surface area is 161 Å². The molecule has 2 heterocycles. The Kier molecular flexibility index (Phi) is 6.37. The average Bonchev–Trinajstić information content (AvgIpc) is 2.49. The fourth-order valence-electron chi connectivity index (χ4n) is 2.91. The van der Waals surface area contributed by atoms with Gasteiger partial charge in [-0.3, -0.25) is 4.98 Å². The molecule has 1 N–H and O–H groups in total. The molecule has 0 fully saturated rings. The van der Waals surface area contributed by atoms with E-state index in [2.05, 4.69) is 11.9 Å². The van der Waals surface area contributed by atoms with Gasteiger partial charge in [-0.1, -0.05) is 6.92 Å². The Bertz CT molecular complexity index is 663. The Morgan fingerprint density at radius 2 is 1.96 bits per heavy atom. The third-order valence-electron chi connectivity index (χ3n) is 4.00. The highest BCUT2D eigenvalue weighted by molar-refractivity contribution is 5.68. The molecule has 27 heavy (non-hydrogen) atoms. The van der Waals surface area contributed by atoms with Crippen LogP contribution in [0.3, 0.4) is 0 Å². The normalized spacial score (nSPS) is 18.7. The van der Waals surface area contributed by atoms with Crippen LogP contribution >= 0.6 is 0 Å². The van der Waals surface area contributed by atoms with Gasteiger partial charge in [0.25, 0.3) is 0 Å². The summed E-state index contributed by atoms with van der Waals surface area (Å²) in [5.74, 6) is 0.525. The van der Waals surface area contributed by atoms with Crippen molar-refractivity contribution in [2.75, 3.05) is 6.54 Å². The Hall–Kier alpha value is -1.86. The highest BCUT2D eigenvalue weighted by Gasteiger charge is 2.31. The molecule has 0 spiro atoms. The van der Waals surface area contributed by atoms with Gasteiger partial charge in [-0.15, -0.1) is 0 Å². The number of nitrogens with zero attached hydrogens (tertiary/aromatic N) is 2. The monoisotopic (exact) mass is 380 g/mol. The topological polar surface area (TPSA) is 81.1 Å². The molecule has 0 radical (unpaired) electrons. The molecule has 0 aromatic carbocycles. The van der Waals surface area contributed by atoms with Crippen LogP contribution < -0.4 is 4.74 Å². The zero-order valence-corrected chi connectivity index (χ0v) is 17.4. The van der Waals surface area contributed by atoms with E-state index in [0.717, 1.165) is 17.7 Å². The molecule has 1 amide bonds. The number of rotatable bonds is 4. The van der Waals surface area contributed by atoms with Crippen molar-refractivity contribution in [3.63, 3.8) is 0 Å². The van der Waals surface area contributed by atoms with E-state index in [9.17, 15) is 9.90 Å². The predicted molar refractivity (Wildman–Crippen MR) is 101 cm³/mol. The summed E-state index contributed by atoms with van der Waals surface area (Å²) in [5, 5.41) is 9.95. The third-order valence-corrected chi connectivity index (χ3v) is 4.00. The summed E-state index contributed by atoms with van der Waals surface area (Å²) >= 11 is 0. The number of amides is 1. The first-order chi connectivity index (χ1) is 12.4. The van der Waals surface area contributed by atoms with Gasteiger partial charge >= 0.3 is 12.6 Å². The van der Waals surface area contributed by atoms with E-state index in [1.807, 2.05) is 41.5 Å². The van der Waals surface area contributed by atoms with Crippen LogP contribution in [0.15, 0.2) is 12.3 Å². The minimum atomic E-state index is -1.39. The number of fused-ring (bicyclic) bond motifs is 1. The quantitative estimate of drug-likeness (QED) is 0.800. The van der Waals surface area contributed by atoms with Crippen molar-refractivity contribution in [1.29, 1.82) is 0 Å². The van der Waals surface area contributed by atoms with Crippen LogP contribution in [-0.4, -0.2) is 45.3 Å². The van der Waals surface area contributed by atoms with E-state index in [1.54, 1.807) is 17.2 Å². The first-order valence-corrected chi connectivity index (χ1v) is 9.37. The molecule has 2 rings (SSSR count). The van der Waals surface area contributed by atoms with Gasteiger partial charge in [0.2, 0.25) is 0 Å². The number of hydrogen-bond acceptors (Lipinski definition) is 6. The highest BCUT2D eigenvalue weighted by Crippen LogP contribution is 2.32. The van der Waals surface area contributed by atoms with Gasteiger partial charge in [-0.05, 0) is 59.6 Å². The van der Waals surface area contributed by atoms with Gasteiger partial charge in [0.05, 0.1) is 24.0 Å². The van der Waals surface area contributed by atoms with Crippen LogP contribution in [0.25, 0.3) is 0 Å². The van der Waals surface area contributed by atoms with Crippen LogP contribution in [0.4, 0.5) is 4.79 Å². The van der Waals surface area contributed by atoms with Gasteiger partial charge in [0.15, 0.2) is 0 Å². The molecule has 2 atom stereocenters. The van der Waals surface area contributed by atoms with Crippen LogP contribution in [0, 0.1) is 0 Å². The predicted octanol–water partition coefficient (Wildman–Crippen LogP) is 3.80. The van der Waals surface area contributed by atoms with Crippen LogP contribution in [0.5, 0.6) is 5.75 Å². The lowest BCUT2D eigenvalue weighted by Gasteiger charge is -2.35. The first-order valence-electron chi connectivity index (χ1n) is 9.37. The lowest BCUT2D eigenvalue weighted by atomic mass is 9.93. The summed E-state index contributed by atoms with van der Waals surface area (Å²) in [7, 11) is 0. The molecule has 0 saturated heterocycles. The van der Waals surface area contributed by atoms with Crippen molar-refractivity contribution < 1.29 is 24.1 Å². The molecule has 2 unspecified atom stereocenters. The number of ether oxygens (including phenoxy) is 3. The van der Waals surface area contributed by atoms with E-state index in [1.165, 1.54) is 0 Å². The van der Waals surface area contributed by atoms with E-state index in [-0.39, 0.29) is 12.0 Å². The zero-order valence-electron chi connectivity index (χ0n) is 17.4. The maximum Gasteiger partial charge on any atom is 0.410 e. The highest BCUT2D eigenvalue weighted by atomic mass is 16.8. The number of aromatic nitrogens is 1. The van der Waals surface area contributed by atoms with Crippen LogP contribution in [-0.2, 0) is 16.0 Å². The molecule has 1 aliphatic heterocycles. The SMILES string of the molecule is CCC1CN(C(=O)OC(C)(C)C)Cc2cc(OC(O)OC(C)(C)C)cnc21. The fourth-order valence-corrected chi connectivity index (χ4v) is 2.91. The fraction of sp³-hybridized carbons (Fsp3) is 0.700. The second-order valence-electron chi connectivity index (χ2n) is 8.84. The third kappa shape index (κ3) is 6.36. The largest absolute Gasteiger partial charge is 0.444 e. The van der Waals surface area contributed by atoms with E-state index in [0.29, 0.717) is 18.8 Å². The molecule has 1 aromatic rings. The molecule has 0 aliphatic carbocycles. The maximum absolute atomic E-state index is 12.5. The molecule has 1 aromatic heterocycles. The lowest BCUT2D eigenvalue weighted by molar-refractivity contribution is -0.259. The summed E-state index contributed by atoms with van der Waals surface area (Å²) in [6, 6.07) is 1.80. The first kappa shape index (κ1) is 21.4. The number of carbonyl (C=O) groups is 1. The van der Waals surface area contributed by atoms with E-state index < -0.39 is 17.7 Å². The molecule has 0 saturated carbocycles. The standard InChI is InChI=1S/C20H32N2O5/c1-8-13-11-22(17(23)26-19(2,3)4)12-14-9-15(10-21-16(13)14)25-18(24)27-20(5,6)7/h9-10,13,18,24H,8,11-12H2,1-7H3. The minimum absolute atomic E-state index is 0.131. The van der Waals surface area contributed by atoms with E-state index >= 15 is 0 Å². The Balaban J connectivity index is 2.17. The van der Waals surface area contributed by atoms with Gasteiger partial charge in [0, 0.05) is 12.5 Å². The van der Waals surface area contributed by atoms with E-state index in [4.69, 9.17) is 14.2 Å². The van der Waals surface area contributed by atoms with Crippen molar-refractivity contribution in [3.05, 3.63) is 23.5 Å². The van der Waals surface area contributed by atoms with Gasteiger partial charge in [0.1, 0.15) is 11.4 Å². The van der Waals surface area contributed by atoms with Gasteiger partial charge in [-0.25, -0.2) is 4.79 Å². The molecule has 0 bridgehead atoms. The second-order valence-corrected chi connectivity index (χ2v) is 8.84. The van der Waals surface area contributed by atoms with Crippen molar-refractivity contribution in [2.45, 2.75) is 85.0 Å². The zero-order chi connectivity index (χ0) is 20.4. The molecule has 1 aliphatic rings. The molecular weight excluding hydrogens is 348 g/mol. The smallest absolute Gasteiger partial charge is 0.410 e. The Morgan fingerprint density at radius 1 is 1.30 bits per heavy atom. The number of hydrogen-bond donors (Lipinski definition) is 1. The number of carbonyl (C=O) groups excluding carboxylic acids is 1. The van der Waals surface area contributed by atoms with Crippen molar-refractivity contribution in [1.82, 2.24) is 9.88 Å². The van der Waals surface area contributed by atoms with Crippen LogP contribution in [0.1, 0.15) is 72.1 Å². The van der Waals surface area contributed by atoms with Crippen molar-refractivity contribution >= 4 is 6.09 Å². The van der Waals surface area contributed by atoms with Gasteiger partial charge in [-0.2, -0.15) is 0 Å².